The third-order valence-electron chi connectivity index (χ3n) is 2.87. The van der Waals surface area contributed by atoms with Crippen LogP contribution >= 0.6 is 11.6 Å². The minimum absolute atomic E-state index is 0.302. The van der Waals surface area contributed by atoms with Gasteiger partial charge in [-0.25, -0.2) is 0 Å². The molecule has 0 aliphatic rings. The van der Waals surface area contributed by atoms with Crippen molar-refractivity contribution in [3.05, 3.63) is 0 Å². The van der Waals surface area contributed by atoms with E-state index in [1.807, 2.05) is 0 Å². The highest BCUT2D eigenvalue weighted by Crippen LogP contribution is 2.31. The van der Waals surface area contributed by atoms with E-state index in [1.165, 1.54) is 0 Å². The van der Waals surface area contributed by atoms with Gasteiger partial charge in [-0.3, -0.25) is 0 Å². The van der Waals surface area contributed by atoms with Crippen LogP contribution < -0.4 is 0 Å². The second-order valence-electron chi connectivity index (χ2n) is 4.01. The first kappa shape index (κ1) is 13.2. The molecule has 0 aliphatic carbocycles. The monoisotopic (exact) mass is 206 g/mol. The number of alkyl halides is 1. The van der Waals surface area contributed by atoms with Gasteiger partial charge in [0.05, 0.1) is 6.10 Å². The van der Waals surface area contributed by atoms with Gasteiger partial charge in [-0.15, -0.1) is 11.6 Å². The summed E-state index contributed by atoms with van der Waals surface area (Å²) in [4.78, 5) is 0. The molecule has 0 unspecified atom stereocenters. The maximum absolute atomic E-state index is 5.98. The molecule has 0 rings (SSSR count). The lowest BCUT2D eigenvalue weighted by Gasteiger charge is -2.29. The maximum Gasteiger partial charge on any atom is 0.0518 e. The van der Waals surface area contributed by atoms with E-state index in [4.69, 9.17) is 16.3 Å². The molecule has 1 nitrogen and oxygen atoms in total. The molecule has 80 valence electrons. The third-order valence-corrected chi connectivity index (χ3v) is 3.43. The lowest BCUT2D eigenvalue weighted by Crippen LogP contribution is -2.24. The van der Waals surface area contributed by atoms with Gasteiger partial charge in [0.25, 0.3) is 0 Å². The molecule has 13 heavy (non-hydrogen) atoms. The molecule has 0 bridgehead atoms. The first-order valence-electron chi connectivity index (χ1n) is 5.27. The van der Waals surface area contributed by atoms with E-state index in [-0.39, 0.29) is 0 Å². The van der Waals surface area contributed by atoms with Crippen LogP contribution in [0.25, 0.3) is 0 Å². The molecule has 0 atom stereocenters. The molecule has 0 N–H and O–H groups in total. The van der Waals surface area contributed by atoms with Crippen LogP contribution in [0.5, 0.6) is 0 Å². The van der Waals surface area contributed by atoms with Gasteiger partial charge in [0, 0.05) is 12.5 Å². The molecule has 0 aliphatic heterocycles. The first-order valence-corrected chi connectivity index (χ1v) is 5.81. The Bertz CT molecular complexity index is 111. The topological polar surface area (TPSA) is 9.23 Å². The molecule has 0 aromatic rings. The Balaban J connectivity index is 3.81. The fraction of sp³-hybridized carbons (Fsp3) is 1.00. The van der Waals surface area contributed by atoms with Crippen molar-refractivity contribution >= 4 is 11.6 Å². The molecular weight excluding hydrogens is 184 g/mol. The lowest BCUT2D eigenvalue weighted by atomic mass is 9.81. The van der Waals surface area contributed by atoms with Crippen LogP contribution in [-0.2, 0) is 4.74 Å². The average Bonchev–Trinajstić information content (AvgIpc) is 2.13. The maximum atomic E-state index is 5.98. The molecular formula is C11H23ClO. The SMILES string of the molecule is CCC(CC)(CCl)CCOC(C)C. The predicted octanol–water partition coefficient (Wildman–Crippen LogP) is 3.85. The zero-order valence-corrected chi connectivity index (χ0v) is 10.2. The van der Waals surface area contributed by atoms with Crippen LogP contribution in [0.1, 0.15) is 47.0 Å². The van der Waals surface area contributed by atoms with Crippen LogP contribution in [0.15, 0.2) is 0 Å². The van der Waals surface area contributed by atoms with Crippen molar-refractivity contribution in [3.63, 3.8) is 0 Å². The number of halogens is 1. The van der Waals surface area contributed by atoms with Crippen molar-refractivity contribution in [2.24, 2.45) is 5.41 Å². The van der Waals surface area contributed by atoms with Crippen molar-refractivity contribution in [2.75, 3.05) is 12.5 Å². The smallest absolute Gasteiger partial charge is 0.0518 e. The molecule has 0 fully saturated rings. The lowest BCUT2D eigenvalue weighted by molar-refractivity contribution is 0.0530. The van der Waals surface area contributed by atoms with E-state index in [0.717, 1.165) is 31.7 Å². The average molecular weight is 207 g/mol. The van der Waals surface area contributed by atoms with Crippen molar-refractivity contribution in [3.8, 4) is 0 Å². The molecule has 0 saturated carbocycles. The van der Waals surface area contributed by atoms with Gasteiger partial charge in [0.2, 0.25) is 0 Å². The summed E-state index contributed by atoms with van der Waals surface area (Å²) in [5.41, 5.74) is 0.302. The summed E-state index contributed by atoms with van der Waals surface area (Å²) in [5.74, 6) is 0.751. The Kier molecular flexibility index (Phi) is 6.79. The Labute approximate surface area is 87.8 Å². The molecule has 0 heterocycles. The molecule has 2 heteroatoms. The Morgan fingerprint density at radius 1 is 1.23 bits per heavy atom. The molecule has 0 aromatic carbocycles. The summed E-state index contributed by atoms with van der Waals surface area (Å²) in [6.45, 7) is 9.40. The Hall–Kier alpha value is 0.250. The number of hydrogen-bond acceptors (Lipinski definition) is 1. The number of ether oxygens (including phenoxy) is 1. The van der Waals surface area contributed by atoms with E-state index in [0.29, 0.717) is 11.5 Å². The summed E-state index contributed by atoms with van der Waals surface area (Å²) >= 11 is 5.98. The summed E-state index contributed by atoms with van der Waals surface area (Å²) in [7, 11) is 0. The molecule has 0 amide bonds. The standard InChI is InChI=1S/C11H23ClO/c1-5-11(6-2,9-12)7-8-13-10(3)4/h10H,5-9H2,1-4H3. The minimum atomic E-state index is 0.302. The highest BCUT2D eigenvalue weighted by atomic mass is 35.5. The van der Waals surface area contributed by atoms with Gasteiger partial charge in [-0.1, -0.05) is 13.8 Å². The van der Waals surface area contributed by atoms with Crippen molar-refractivity contribution in [2.45, 2.75) is 53.1 Å². The Morgan fingerprint density at radius 2 is 1.77 bits per heavy atom. The zero-order valence-electron chi connectivity index (χ0n) is 9.40. The largest absolute Gasteiger partial charge is 0.379 e. The first-order chi connectivity index (χ1) is 6.10. The van der Waals surface area contributed by atoms with E-state index in [1.54, 1.807) is 0 Å². The van der Waals surface area contributed by atoms with Gasteiger partial charge in [0.1, 0.15) is 0 Å². The van der Waals surface area contributed by atoms with Crippen LogP contribution in [-0.4, -0.2) is 18.6 Å². The number of rotatable bonds is 7. The van der Waals surface area contributed by atoms with Crippen molar-refractivity contribution < 1.29 is 4.74 Å². The van der Waals surface area contributed by atoms with Crippen molar-refractivity contribution in [1.29, 1.82) is 0 Å². The van der Waals surface area contributed by atoms with Gasteiger partial charge in [-0.2, -0.15) is 0 Å². The summed E-state index contributed by atoms with van der Waals surface area (Å²) in [5, 5.41) is 0. The second-order valence-corrected chi connectivity index (χ2v) is 4.28. The van der Waals surface area contributed by atoms with Crippen LogP contribution in [0.2, 0.25) is 0 Å². The van der Waals surface area contributed by atoms with E-state index >= 15 is 0 Å². The normalized spacial score (nSPS) is 12.5. The molecule has 0 saturated heterocycles. The summed E-state index contributed by atoms with van der Waals surface area (Å²) < 4.78 is 5.54. The van der Waals surface area contributed by atoms with E-state index in [9.17, 15) is 0 Å². The van der Waals surface area contributed by atoms with Gasteiger partial charge in [0.15, 0.2) is 0 Å². The highest BCUT2D eigenvalue weighted by molar-refractivity contribution is 6.18. The summed E-state index contributed by atoms with van der Waals surface area (Å²) in [6, 6.07) is 0. The van der Waals surface area contributed by atoms with Gasteiger partial charge >= 0.3 is 0 Å². The van der Waals surface area contributed by atoms with E-state index < -0.39 is 0 Å². The number of hydrogen-bond donors (Lipinski definition) is 0. The fourth-order valence-corrected chi connectivity index (χ4v) is 1.88. The highest BCUT2D eigenvalue weighted by Gasteiger charge is 2.24. The van der Waals surface area contributed by atoms with Gasteiger partial charge < -0.3 is 4.74 Å². The molecule has 0 spiro atoms. The van der Waals surface area contributed by atoms with Crippen molar-refractivity contribution in [1.82, 2.24) is 0 Å². The molecule has 0 radical (unpaired) electrons. The summed E-state index contributed by atoms with van der Waals surface area (Å²) in [6.07, 6.45) is 3.71. The predicted molar refractivity (Wildman–Crippen MR) is 59.4 cm³/mol. The van der Waals surface area contributed by atoms with E-state index in [2.05, 4.69) is 27.7 Å². The quantitative estimate of drug-likeness (QED) is 0.575. The molecule has 0 aromatic heterocycles. The van der Waals surface area contributed by atoms with Crippen LogP contribution in [0, 0.1) is 5.41 Å². The Morgan fingerprint density at radius 3 is 2.08 bits per heavy atom. The van der Waals surface area contributed by atoms with Gasteiger partial charge in [-0.05, 0) is 38.5 Å². The van der Waals surface area contributed by atoms with Crippen LogP contribution in [0.4, 0.5) is 0 Å². The fourth-order valence-electron chi connectivity index (χ4n) is 1.37. The van der Waals surface area contributed by atoms with Crippen LogP contribution in [0.3, 0.4) is 0 Å². The second kappa shape index (κ2) is 6.67. The zero-order chi connectivity index (χ0) is 10.3. The third kappa shape index (κ3) is 4.87. The minimum Gasteiger partial charge on any atom is -0.379 e.